The maximum Gasteiger partial charge on any atom is 0.131 e. The first-order valence-electron chi connectivity index (χ1n) is 5.83. The van der Waals surface area contributed by atoms with Crippen LogP contribution in [0, 0.1) is 11.6 Å². The molecule has 1 fully saturated rings. The molecule has 0 unspecified atom stereocenters. The van der Waals surface area contributed by atoms with Gasteiger partial charge >= 0.3 is 0 Å². The molecule has 1 aliphatic rings. The molecule has 1 nitrogen and oxygen atoms in total. The van der Waals surface area contributed by atoms with Crippen LogP contribution in [0.4, 0.5) is 14.5 Å². The van der Waals surface area contributed by atoms with Crippen molar-refractivity contribution >= 4 is 5.69 Å². The first-order chi connectivity index (χ1) is 7.59. The molecule has 0 bridgehead atoms. The summed E-state index contributed by atoms with van der Waals surface area (Å²) in [5, 5.41) is 0. The van der Waals surface area contributed by atoms with E-state index < -0.39 is 11.6 Å². The fraction of sp³-hybridized carbons (Fsp3) is 0.538. The van der Waals surface area contributed by atoms with Crippen LogP contribution < -0.4 is 4.90 Å². The Balaban J connectivity index is 2.36. The average Bonchev–Trinajstić information content (AvgIpc) is 2.67. The smallest absolute Gasteiger partial charge is 0.131 e. The van der Waals surface area contributed by atoms with Gasteiger partial charge in [0, 0.05) is 24.3 Å². The van der Waals surface area contributed by atoms with Gasteiger partial charge in [-0.25, -0.2) is 8.78 Å². The summed E-state index contributed by atoms with van der Waals surface area (Å²) < 4.78 is 27.5. The molecule has 0 N–H and O–H groups in total. The highest BCUT2D eigenvalue weighted by atomic mass is 19.1. The molecule has 0 aromatic heterocycles. The summed E-state index contributed by atoms with van der Waals surface area (Å²) in [6.45, 7) is 5.41. The first-order valence-corrected chi connectivity index (χ1v) is 5.83. The molecule has 0 amide bonds. The Kier molecular flexibility index (Phi) is 3.13. The minimum absolute atomic E-state index is 0.118. The van der Waals surface area contributed by atoms with Crippen LogP contribution in [0.25, 0.3) is 0 Å². The maximum atomic E-state index is 13.7. The Hall–Kier alpha value is -1.12. The average molecular weight is 225 g/mol. The molecule has 16 heavy (non-hydrogen) atoms. The molecule has 0 saturated carbocycles. The van der Waals surface area contributed by atoms with Crippen molar-refractivity contribution in [3.63, 3.8) is 0 Å². The SMILES string of the molecule is CC(C)c1c(F)cc(N2CCCC2)cc1F. The van der Waals surface area contributed by atoms with E-state index in [0.29, 0.717) is 5.69 Å². The standard InChI is InChI=1S/C13H17F2N/c1-9(2)13-11(14)7-10(8-12(13)15)16-5-3-4-6-16/h7-9H,3-6H2,1-2H3. The third-order valence-electron chi connectivity index (χ3n) is 3.11. The summed E-state index contributed by atoms with van der Waals surface area (Å²) in [5.41, 5.74) is 0.875. The lowest BCUT2D eigenvalue weighted by atomic mass is 10.0. The second kappa shape index (κ2) is 4.40. The zero-order valence-corrected chi connectivity index (χ0v) is 9.76. The topological polar surface area (TPSA) is 3.24 Å². The van der Waals surface area contributed by atoms with Crippen LogP contribution in [0.2, 0.25) is 0 Å². The molecule has 0 spiro atoms. The highest BCUT2D eigenvalue weighted by Gasteiger charge is 2.18. The lowest BCUT2D eigenvalue weighted by Gasteiger charge is -2.19. The number of hydrogen-bond donors (Lipinski definition) is 0. The van der Waals surface area contributed by atoms with Crippen LogP contribution >= 0.6 is 0 Å². The summed E-state index contributed by atoms with van der Waals surface area (Å²) in [6, 6.07) is 2.92. The number of rotatable bonds is 2. The molecule has 88 valence electrons. The van der Waals surface area contributed by atoms with Crippen LogP contribution in [-0.2, 0) is 0 Å². The third kappa shape index (κ3) is 2.04. The van der Waals surface area contributed by atoms with Crippen LogP contribution in [0.15, 0.2) is 12.1 Å². The lowest BCUT2D eigenvalue weighted by molar-refractivity contribution is 0.541. The molecule has 0 radical (unpaired) electrons. The van der Waals surface area contributed by atoms with E-state index in [9.17, 15) is 8.78 Å². The highest BCUT2D eigenvalue weighted by molar-refractivity contribution is 5.50. The number of anilines is 1. The number of benzene rings is 1. The second-order valence-electron chi connectivity index (χ2n) is 4.67. The van der Waals surface area contributed by atoms with E-state index in [4.69, 9.17) is 0 Å². The van der Waals surface area contributed by atoms with Gasteiger partial charge in [-0.2, -0.15) is 0 Å². The molecular weight excluding hydrogens is 208 g/mol. The Morgan fingerprint density at radius 2 is 1.56 bits per heavy atom. The molecule has 2 rings (SSSR count). The predicted octanol–water partition coefficient (Wildman–Crippen LogP) is 3.69. The van der Waals surface area contributed by atoms with Gasteiger partial charge in [-0.15, -0.1) is 0 Å². The van der Waals surface area contributed by atoms with E-state index in [1.807, 2.05) is 4.90 Å². The molecule has 1 aliphatic heterocycles. The van der Waals surface area contributed by atoms with Crippen molar-refractivity contribution in [3.8, 4) is 0 Å². The Morgan fingerprint density at radius 1 is 1.06 bits per heavy atom. The Labute approximate surface area is 95.1 Å². The normalized spacial score (nSPS) is 16.2. The molecule has 1 saturated heterocycles. The molecule has 1 aromatic carbocycles. The van der Waals surface area contributed by atoms with E-state index in [0.717, 1.165) is 25.9 Å². The van der Waals surface area contributed by atoms with E-state index >= 15 is 0 Å². The number of halogens is 2. The molecule has 3 heteroatoms. The zero-order chi connectivity index (χ0) is 11.7. The van der Waals surface area contributed by atoms with Crippen molar-refractivity contribution in [1.82, 2.24) is 0 Å². The summed E-state index contributed by atoms with van der Waals surface area (Å²) in [6.07, 6.45) is 2.21. The van der Waals surface area contributed by atoms with E-state index in [-0.39, 0.29) is 11.5 Å². The van der Waals surface area contributed by atoms with Crippen molar-refractivity contribution < 1.29 is 8.78 Å². The van der Waals surface area contributed by atoms with Gasteiger partial charge in [-0.05, 0) is 30.9 Å². The molecule has 1 aromatic rings. The van der Waals surface area contributed by atoms with Gasteiger partial charge in [0.05, 0.1) is 0 Å². The van der Waals surface area contributed by atoms with Gasteiger partial charge in [0.25, 0.3) is 0 Å². The fourth-order valence-electron chi connectivity index (χ4n) is 2.28. The predicted molar refractivity (Wildman–Crippen MR) is 61.9 cm³/mol. The van der Waals surface area contributed by atoms with Gasteiger partial charge in [0.2, 0.25) is 0 Å². The quantitative estimate of drug-likeness (QED) is 0.742. The first kappa shape index (κ1) is 11.4. The summed E-state index contributed by atoms with van der Waals surface area (Å²) in [4.78, 5) is 2.04. The van der Waals surface area contributed by atoms with Gasteiger partial charge in [-0.3, -0.25) is 0 Å². The van der Waals surface area contributed by atoms with Gasteiger partial charge in [-0.1, -0.05) is 13.8 Å². The van der Waals surface area contributed by atoms with E-state index in [2.05, 4.69) is 0 Å². The van der Waals surface area contributed by atoms with Crippen molar-refractivity contribution in [2.45, 2.75) is 32.6 Å². The maximum absolute atomic E-state index is 13.7. The molecule has 0 aliphatic carbocycles. The number of nitrogens with zero attached hydrogens (tertiary/aromatic N) is 1. The second-order valence-corrected chi connectivity index (χ2v) is 4.67. The fourth-order valence-corrected chi connectivity index (χ4v) is 2.28. The lowest BCUT2D eigenvalue weighted by Crippen LogP contribution is -2.18. The molecular formula is C13H17F2N. The number of hydrogen-bond acceptors (Lipinski definition) is 1. The van der Waals surface area contributed by atoms with Crippen molar-refractivity contribution in [1.29, 1.82) is 0 Å². The zero-order valence-electron chi connectivity index (χ0n) is 9.76. The minimum Gasteiger partial charge on any atom is -0.371 e. The summed E-state index contributed by atoms with van der Waals surface area (Å²) >= 11 is 0. The van der Waals surface area contributed by atoms with Crippen LogP contribution in [0.1, 0.15) is 38.2 Å². The summed E-state index contributed by atoms with van der Waals surface area (Å²) in [5.74, 6) is -0.957. The largest absolute Gasteiger partial charge is 0.371 e. The molecule has 1 heterocycles. The van der Waals surface area contributed by atoms with Gasteiger partial charge < -0.3 is 4.90 Å². The minimum atomic E-state index is -0.420. The van der Waals surface area contributed by atoms with Crippen LogP contribution in [-0.4, -0.2) is 13.1 Å². The van der Waals surface area contributed by atoms with E-state index in [1.54, 1.807) is 13.8 Å². The van der Waals surface area contributed by atoms with Crippen LogP contribution in [0.5, 0.6) is 0 Å². The Morgan fingerprint density at radius 3 is 2.00 bits per heavy atom. The molecule has 0 atom stereocenters. The van der Waals surface area contributed by atoms with Crippen LogP contribution in [0.3, 0.4) is 0 Å². The van der Waals surface area contributed by atoms with Crippen molar-refractivity contribution in [2.24, 2.45) is 0 Å². The summed E-state index contributed by atoms with van der Waals surface area (Å²) in [7, 11) is 0. The Bertz CT molecular complexity index is 359. The van der Waals surface area contributed by atoms with Gasteiger partial charge in [0.15, 0.2) is 0 Å². The highest BCUT2D eigenvalue weighted by Crippen LogP contribution is 2.28. The van der Waals surface area contributed by atoms with Crippen molar-refractivity contribution in [3.05, 3.63) is 29.3 Å². The van der Waals surface area contributed by atoms with Gasteiger partial charge in [0.1, 0.15) is 11.6 Å². The van der Waals surface area contributed by atoms with Crippen molar-refractivity contribution in [2.75, 3.05) is 18.0 Å². The van der Waals surface area contributed by atoms with E-state index in [1.165, 1.54) is 12.1 Å². The monoisotopic (exact) mass is 225 g/mol. The third-order valence-corrected chi connectivity index (χ3v) is 3.11.